The van der Waals surface area contributed by atoms with Crippen LogP contribution >= 0.6 is 11.3 Å². The number of carbonyl (C=O) groups excluding carboxylic acids is 1. The van der Waals surface area contributed by atoms with E-state index in [1.165, 1.54) is 7.11 Å². The van der Waals surface area contributed by atoms with Gasteiger partial charge in [0.05, 0.1) is 62.6 Å². The number of rotatable bonds is 7. The summed E-state index contributed by atoms with van der Waals surface area (Å²) in [5.74, 6) is -0.286. The molecule has 0 aliphatic carbocycles. The zero-order chi connectivity index (χ0) is 55.3. The summed E-state index contributed by atoms with van der Waals surface area (Å²) in [6, 6.07) is -1.32. The molecule has 0 unspecified atom stereocenters. The minimum atomic E-state index is -6.13. The van der Waals surface area contributed by atoms with Crippen LogP contribution in [0.3, 0.4) is 0 Å². The molecule has 6 rings (SSSR count). The van der Waals surface area contributed by atoms with Crippen LogP contribution in [0.1, 0.15) is 60.4 Å². The van der Waals surface area contributed by atoms with E-state index in [1.54, 1.807) is 17.4 Å². The van der Waals surface area contributed by atoms with Crippen LogP contribution in [0.15, 0.2) is 114 Å². The average molecular weight is 1100 g/mol. The van der Waals surface area contributed by atoms with Crippen molar-refractivity contribution >= 4 is 45.3 Å². The van der Waals surface area contributed by atoms with Gasteiger partial charge in [-0.1, -0.05) is 78.1 Å². The second-order valence-corrected chi connectivity index (χ2v) is 16.3. The summed E-state index contributed by atoms with van der Waals surface area (Å²) >= 11 is 1.63. The Labute approximate surface area is 397 Å². The predicted octanol–water partition coefficient (Wildman–Crippen LogP) is 13.1. The van der Waals surface area contributed by atoms with Crippen molar-refractivity contribution in [1.29, 1.82) is 0 Å². The fraction of sp³-hybridized carbons (Fsp3) is 0.227. The summed E-state index contributed by atoms with van der Waals surface area (Å²) in [6.07, 6.45) is -52.8. The summed E-state index contributed by atoms with van der Waals surface area (Å²) in [6.45, 7) is 0.689. The standard InChI is InChI=1S/C32H12BF24.C12H12NO2S/c34-25(35,36)13-1-14(26(37,38)39)6-21(5-13)33(22-7-15(27(40,41)42)2-16(8-22)28(43,44)45,23-9-17(29(46,47)48)3-18(10-23)30(49,50)51)24-11-19(31(52,53)54)4-20(12-24)32(55,56)57;1-15-12(14)11-5-3-2-4-10(11)8-13-6-7-16-9-13/h1-12H;2-7,9H,8H2,1H3/q-1;+1. The molecular weight excluding hydrogens is 1070 g/mol. The van der Waals surface area contributed by atoms with Crippen molar-refractivity contribution in [2.24, 2.45) is 0 Å². The Balaban J connectivity index is 0.000000520. The number of halogens is 24. The lowest BCUT2D eigenvalue weighted by molar-refractivity contribution is -0.683. The van der Waals surface area contributed by atoms with Crippen LogP contribution in [0.5, 0.6) is 0 Å². The third-order valence-electron chi connectivity index (χ3n) is 10.7. The smallest absolute Gasteiger partial charge is 0.416 e. The molecule has 0 saturated heterocycles. The van der Waals surface area contributed by atoms with E-state index in [0.29, 0.717) is 12.1 Å². The molecule has 0 spiro atoms. The maximum absolute atomic E-state index is 14.2. The van der Waals surface area contributed by atoms with Gasteiger partial charge in [-0.25, -0.2) is 4.79 Å². The zero-order valence-electron chi connectivity index (χ0n) is 35.5. The number of carbonyl (C=O) groups is 1. The molecule has 0 fully saturated rings. The molecule has 1 heterocycles. The Hall–Kier alpha value is -6.42. The predicted molar refractivity (Wildman–Crippen MR) is 211 cm³/mol. The first-order valence-electron chi connectivity index (χ1n) is 19.5. The van der Waals surface area contributed by atoms with E-state index in [1.807, 2.05) is 39.9 Å². The van der Waals surface area contributed by atoms with Crippen molar-refractivity contribution in [2.75, 3.05) is 7.11 Å². The highest BCUT2D eigenvalue weighted by atomic mass is 32.1. The van der Waals surface area contributed by atoms with E-state index in [9.17, 15) is 110 Å². The summed E-state index contributed by atoms with van der Waals surface area (Å²) in [5, 5.41) is 2.00. The van der Waals surface area contributed by atoms with Gasteiger partial charge in [0.15, 0.2) is 12.7 Å². The molecule has 0 bridgehead atoms. The minimum Gasteiger partial charge on any atom is -0.465 e. The van der Waals surface area contributed by atoms with E-state index in [-0.39, 0.29) is 5.97 Å². The second kappa shape index (κ2) is 19.8. The molecular formula is C44H24BF24NO2S. The van der Waals surface area contributed by atoms with E-state index >= 15 is 0 Å². The van der Waals surface area contributed by atoms with E-state index in [4.69, 9.17) is 4.74 Å². The van der Waals surface area contributed by atoms with Gasteiger partial charge in [-0.05, 0) is 30.3 Å². The molecule has 0 radical (unpaired) electrons. The fourth-order valence-electron chi connectivity index (χ4n) is 7.59. The third-order valence-corrected chi connectivity index (χ3v) is 11.4. The van der Waals surface area contributed by atoms with Crippen LogP contribution in [-0.2, 0) is 60.7 Å². The third kappa shape index (κ3) is 13.2. The fourth-order valence-corrected chi connectivity index (χ4v) is 8.18. The monoisotopic (exact) mass is 1100 g/mol. The van der Waals surface area contributed by atoms with Crippen LogP contribution in [0.25, 0.3) is 0 Å². The van der Waals surface area contributed by atoms with Gasteiger partial charge >= 0.3 is 55.4 Å². The lowest BCUT2D eigenvalue weighted by Crippen LogP contribution is -2.75. The number of hydrogen-bond acceptors (Lipinski definition) is 3. The number of alkyl halides is 24. The van der Waals surface area contributed by atoms with Crippen molar-refractivity contribution in [1.82, 2.24) is 0 Å². The Morgan fingerprint density at radius 1 is 0.438 bits per heavy atom. The molecule has 394 valence electrons. The van der Waals surface area contributed by atoms with E-state index in [0.717, 1.165) is 5.56 Å². The highest BCUT2D eigenvalue weighted by Gasteiger charge is 2.47. The van der Waals surface area contributed by atoms with Gasteiger partial charge in [0, 0.05) is 5.56 Å². The van der Waals surface area contributed by atoms with Gasteiger partial charge in [0.25, 0.3) is 0 Å². The maximum atomic E-state index is 14.2. The van der Waals surface area contributed by atoms with Gasteiger partial charge in [-0.3, -0.25) is 0 Å². The molecule has 3 nitrogen and oxygen atoms in total. The van der Waals surface area contributed by atoms with Crippen LogP contribution in [0.4, 0.5) is 105 Å². The number of esters is 1. The molecule has 6 aromatic rings. The summed E-state index contributed by atoms with van der Waals surface area (Å²) in [5.41, 5.74) is -26.6. The van der Waals surface area contributed by atoms with Crippen molar-refractivity contribution < 1.29 is 119 Å². The molecule has 0 atom stereocenters. The highest BCUT2D eigenvalue weighted by Crippen LogP contribution is 2.41. The molecule has 0 aliphatic heterocycles. The average Bonchev–Trinajstić information content (AvgIpc) is 3.77. The van der Waals surface area contributed by atoms with E-state index in [2.05, 4.69) is 0 Å². The molecule has 0 N–H and O–H groups in total. The zero-order valence-corrected chi connectivity index (χ0v) is 36.3. The largest absolute Gasteiger partial charge is 0.465 e. The second-order valence-electron chi connectivity index (χ2n) is 15.6. The quantitative estimate of drug-likeness (QED) is 0.0690. The van der Waals surface area contributed by atoms with Crippen molar-refractivity contribution in [2.45, 2.75) is 56.0 Å². The minimum absolute atomic E-state index is 0.286. The van der Waals surface area contributed by atoms with Gasteiger partial charge in [-0.15, -0.1) is 0 Å². The molecule has 0 saturated carbocycles. The van der Waals surface area contributed by atoms with Crippen LogP contribution in [0.2, 0.25) is 0 Å². The Morgan fingerprint density at radius 2 is 0.699 bits per heavy atom. The van der Waals surface area contributed by atoms with Gasteiger partial charge in [0.1, 0.15) is 6.15 Å². The number of benzene rings is 5. The first-order valence-corrected chi connectivity index (χ1v) is 20.4. The number of ether oxygens (including phenoxy) is 1. The topological polar surface area (TPSA) is 30.2 Å². The molecule has 73 heavy (non-hydrogen) atoms. The van der Waals surface area contributed by atoms with Crippen LogP contribution in [-0.4, -0.2) is 19.2 Å². The van der Waals surface area contributed by atoms with Gasteiger partial charge in [-0.2, -0.15) is 132 Å². The van der Waals surface area contributed by atoms with Gasteiger partial charge < -0.3 is 4.74 Å². The number of aromatic nitrogens is 1. The molecule has 1 aromatic heterocycles. The van der Waals surface area contributed by atoms with Crippen LogP contribution in [0, 0.1) is 0 Å². The maximum Gasteiger partial charge on any atom is 0.416 e. The normalized spacial score (nSPS) is 13.4. The number of nitrogens with zero attached hydrogens (tertiary/aromatic N) is 1. The summed E-state index contributed by atoms with van der Waals surface area (Å²) in [7, 11) is 1.40. The molecule has 0 aliphatic rings. The van der Waals surface area contributed by atoms with Crippen LogP contribution < -0.4 is 26.4 Å². The Kier molecular flexibility index (Phi) is 15.6. The first kappa shape index (κ1) is 57.5. The highest BCUT2D eigenvalue weighted by molar-refractivity contribution is 7.20. The number of methoxy groups -OCH3 is 1. The molecule has 5 aromatic carbocycles. The van der Waals surface area contributed by atoms with Crippen molar-refractivity contribution in [3.63, 3.8) is 0 Å². The number of hydrogen-bond donors (Lipinski definition) is 0. The van der Waals surface area contributed by atoms with E-state index < -0.39 is 195 Å². The summed E-state index contributed by atoms with van der Waals surface area (Å²) < 4.78 is 348. The first-order chi connectivity index (χ1) is 33.1. The Bertz CT molecular complexity index is 2500. The molecule has 0 amide bonds. The summed E-state index contributed by atoms with van der Waals surface area (Å²) in [4.78, 5) is 11.5. The van der Waals surface area contributed by atoms with Gasteiger partial charge in [0.2, 0.25) is 5.51 Å². The van der Waals surface area contributed by atoms with Crippen molar-refractivity contribution in [3.8, 4) is 0 Å². The number of thiazole rings is 1. The van der Waals surface area contributed by atoms with Crippen molar-refractivity contribution in [3.05, 3.63) is 170 Å². The lowest BCUT2D eigenvalue weighted by Gasteiger charge is -2.46. The lowest BCUT2D eigenvalue weighted by atomic mass is 9.12. The molecule has 29 heteroatoms. The Morgan fingerprint density at radius 3 is 0.918 bits per heavy atom. The SMILES string of the molecule is COC(=O)c1ccccc1C[n+]1ccsc1.FC(F)(F)c1cc([B-](c2cc(C(F)(F)F)cc(C(F)(F)F)c2)(c2cc(C(F)(F)F)cc(C(F)(F)F)c2)c2cc(C(F)(F)F)cc(C(F)(F)F)c2)cc(C(F)(F)F)c1.